The summed E-state index contributed by atoms with van der Waals surface area (Å²) in [5.74, 6) is 0.763. The quantitative estimate of drug-likeness (QED) is 0.824. The van der Waals surface area contributed by atoms with Crippen LogP contribution in [0.25, 0.3) is 0 Å². The molecule has 1 amide bonds. The van der Waals surface area contributed by atoms with E-state index in [4.69, 9.17) is 23.2 Å². The largest absolute Gasteiger partial charge is 0.356 e. The summed E-state index contributed by atoms with van der Waals surface area (Å²) < 4.78 is 0. The van der Waals surface area contributed by atoms with Crippen molar-refractivity contribution in [1.82, 2.24) is 10.6 Å². The van der Waals surface area contributed by atoms with Crippen LogP contribution in [0.1, 0.15) is 24.8 Å². The van der Waals surface area contributed by atoms with E-state index in [1.807, 2.05) is 18.2 Å². The molecule has 0 aliphatic carbocycles. The zero-order valence-corrected chi connectivity index (χ0v) is 14.2. The molecule has 21 heavy (non-hydrogen) atoms. The lowest BCUT2D eigenvalue weighted by Gasteiger charge is -2.10. The highest BCUT2D eigenvalue weighted by atomic mass is 35.5. The summed E-state index contributed by atoms with van der Waals surface area (Å²) in [5, 5.41) is 7.56. The van der Waals surface area contributed by atoms with Crippen molar-refractivity contribution >= 4 is 41.5 Å². The number of rotatable bonds is 6. The van der Waals surface area contributed by atoms with Crippen molar-refractivity contribution in [2.75, 3.05) is 19.6 Å². The Morgan fingerprint density at radius 1 is 1.33 bits per heavy atom. The molecule has 2 N–H and O–H groups in total. The van der Waals surface area contributed by atoms with Crippen molar-refractivity contribution in [3.05, 3.63) is 33.8 Å². The van der Waals surface area contributed by atoms with Crippen LogP contribution in [-0.4, -0.2) is 25.5 Å². The Morgan fingerprint density at radius 3 is 2.67 bits per heavy atom. The SMILES string of the molecule is Cl.O=C(CCC1CCNC1)NCCc1c(Cl)cccc1Cl. The Hall–Kier alpha value is -0.480. The minimum atomic E-state index is 0. The summed E-state index contributed by atoms with van der Waals surface area (Å²) >= 11 is 12.2. The van der Waals surface area contributed by atoms with Crippen LogP contribution in [0.15, 0.2) is 18.2 Å². The van der Waals surface area contributed by atoms with Crippen LogP contribution in [0.3, 0.4) is 0 Å². The van der Waals surface area contributed by atoms with Gasteiger partial charge in [0.1, 0.15) is 0 Å². The first-order valence-electron chi connectivity index (χ1n) is 7.07. The normalized spacial score (nSPS) is 17.3. The van der Waals surface area contributed by atoms with Gasteiger partial charge in [-0.15, -0.1) is 12.4 Å². The second-order valence-electron chi connectivity index (χ2n) is 5.20. The summed E-state index contributed by atoms with van der Waals surface area (Å²) in [5.41, 5.74) is 0.899. The number of benzene rings is 1. The van der Waals surface area contributed by atoms with Crippen molar-refractivity contribution in [3.63, 3.8) is 0 Å². The van der Waals surface area contributed by atoms with E-state index in [1.54, 1.807) is 0 Å². The predicted octanol–water partition coefficient (Wildman–Crippen LogP) is 3.46. The van der Waals surface area contributed by atoms with Gasteiger partial charge < -0.3 is 10.6 Å². The van der Waals surface area contributed by atoms with Crippen molar-refractivity contribution in [3.8, 4) is 0 Å². The Balaban J connectivity index is 0.00000220. The maximum absolute atomic E-state index is 11.8. The predicted molar refractivity (Wildman–Crippen MR) is 90.6 cm³/mol. The highest BCUT2D eigenvalue weighted by Crippen LogP contribution is 2.24. The highest BCUT2D eigenvalue weighted by Gasteiger charge is 2.15. The molecule has 1 unspecified atom stereocenters. The maximum atomic E-state index is 11.8. The van der Waals surface area contributed by atoms with E-state index in [0.717, 1.165) is 25.1 Å². The van der Waals surface area contributed by atoms with Gasteiger partial charge in [0.05, 0.1) is 0 Å². The van der Waals surface area contributed by atoms with Gasteiger partial charge >= 0.3 is 0 Å². The van der Waals surface area contributed by atoms with Gasteiger partial charge in [-0.2, -0.15) is 0 Å². The maximum Gasteiger partial charge on any atom is 0.220 e. The lowest BCUT2D eigenvalue weighted by Crippen LogP contribution is -2.26. The van der Waals surface area contributed by atoms with Crippen LogP contribution in [0.5, 0.6) is 0 Å². The number of carbonyl (C=O) groups excluding carboxylic acids is 1. The molecule has 1 aromatic rings. The average Bonchev–Trinajstić information content (AvgIpc) is 2.93. The van der Waals surface area contributed by atoms with Crippen LogP contribution in [-0.2, 0) is 11.2 Å². The average molecular weight is 352 g/mol. The zero-order chi connectivity index (χ0) is 14.4. The van der Waals surface area contributed by atoms with Crippen LogP contribution in [0.2, 0.25) is 10.0 Å². The summed E-state index contributed by atoms with van der Waals surface area (Å²) in [7, 11) is 0. The van der Waals surface area contributed by atoms with E-state index in [9.17, 15) is 4.79 Å². The summed E-state index contributed by atoms with van der Waals surface area (Å²) in [6.45, 7) is 2.70. The lowest BCUT2D eigenvalue weighted by molar-refractivity contribution is -0.121. The van der Waals surface area contributed by atoms with Gasteiger partial charge in [-0.25, -0.2) is 0 Å². The number of carbonyl (C=O) groups is 1. The molecule has 1 aliphatic heterocycles. The molecule has 6 heteroatoms. The number of halogens is 3. The van der Waals surface area contributed by atoms with Gasteiger partial charge in [0.2, 0.25) is 5.91 Å². The molecular weight excluding hydrogens is 331 g/mol. The molecule has 0 radical (unpaired) electrons. The molecule has 1 heterocycles. The van der Waals surface area contributed by atoms with Crippen LogP contribution < -0.4 is 10.6 Å². The van der Waals surface area contributed by atoms with Crippen molar-refractivity contribution < 1.29 is 4.79 Å². The van der Waals surface area contributed by atoms with Crippen molar-refractivity contribution in [2.24, 2.45) is 5.92 Å². The summed E-state index contributed by atoms with van der Waals surface area (Å²) in [4.78, 5) is 11.8. The van der Waals surface area contributed by atoms with Gasteiger partial charge in [0.25, 0.3) is 0 Å². The Morgan fingerprint density at radius 2 is 2.05 bits per heavy atom. The lowest BCUT2D eigenvalue weighted by atomic mass is 10.0. The van der Waals surface area contributed by atoms with Crippen LogP contribution >= 0.6 is 35.6 Å². The topological polar surface area (TPSA) is 41.1 Å². The first kappa shape index (κ1) is 18.6. The molecule has 118 valence electrons. The fourth-order valence-corrected chi connectivity index (χ4v) is 3.07. The van der Waals surface area contributed by atoms with Crippen LogP contribution in [0.4, 0.5) is 0 Å². The molecule has 1 atom stereocenters. The van der Waals surface area contributed by atoms with E-state index in [0.29, 0.717) is 35.3 Å². The molecule has 1 fully saturated rings. The van der Waals surface area contributed by atoms with Gasteiger partial charge in [0, 0.05) is 23.0 Å². The zero-order valence-electron chi connectivity index (χ0n) is 11.8. The Bertz CT molecular complexity index is 442. The first-order valence-corrected chi connectivity index (χ1v) is 7.82. The molecule has 1 aliphatic rings. The van der Waals surface area contributed by atoms with E-state index in [1.165, 1.54) is 6.42 Å². The fourth-order valence-electron chi connectivity index (χ4n) is 2.48. The van der Waals surface area contributed by atoms with Gasteiger partial charge in [0.15, 0.2) is 0 Å². The van der Waals surface area contributed by atoms with Gasteiger partial charge in [-0.3, -0.25) is 4.79 Å². The summed E-state index contributed by atoms with van der Waals surface area (Å²) in [6.07, 6.45) is 3.41. The Labute approximate surface area is 142 Å². The molecule has 1 saturated heterocycles. The van der Waals surface area contributed by atoms with E-state index in [-0.39, 0.29) is 18.3 Å². The molecule has 0 saturated carbocycles. The minimum absolute atomic E-state index is 0. The molecule has 0 aromatic heterocycles. The van der Waals surface area contributed by atoms with Gasteiger partial charge in [-0.05, 0) is 56.0 Å². The number of amides is 1. The van der Waals surface area contributed by atoms with E-state index < -0.39 is 0 Å². The second kappa shape index (κ2) is 9.52. The third-order valence-electron chi connectivity index (χ3n) is 3.70. The van der Waals surface area contributed by atoms with Crippen LogP contribution in [0, 0.1) is 5.92 Å². The summed E-state index contributed by atoms with van der Waals surface area (Å²) in [6, 6.07) is 5.46. The molecule has 2 rings (SSSR count). The second-order valence-corrected chi connectivity index (χ2v) is 6.01. The molecular formula is C15H21Cl3N2O. The fraction of sp³-hybridized carbons (Fsp3) is 0.533. The number of hydrogen-bond donors (Lipinski definition) is 2. The Kier molecular flexibility index (Phi) is 8.42. The monoisotopic (exact) mass is 350 g/mol. The van der Waals surface area contributed by atoms with Gasteiger partial charge in [-0.1, -0.05) is 29.3 Å². The first-order chi connectivity index (χ1) is 9.66. The smallest absolute Gasteiger partial charge is 0.220 e. The number of nitrogens with one attached hydrogen (secondary N) is 2. The van der Waals surface area contributed by atoms with Crippen molar-refractivity contribution in [1.29, 1.82) is 0 Å². The minimum Gasteiger partial charge on any atom is -0.356 e. The standard InChI is InChI=1S/C15H20Cl2N2O.ClH/c16-13-2-1-3-14(17)12(13)7-9-19-15(20)5-4-11-6-8-18-10-11;/h1-3,11,18H,4-10H2,(H,19,20);1H. The van der Waals surface area contributed by atoms with E-state index >= 15 is 0 Å². The van der Waals surface area contributed by atoms with Crippen molar-refractivity contribution in [2.45, 2.75) is 25.7 Å². The third-order valence-corrected chi connectivity index (χ3v) is 4.41. The third kappa shape index (κ3) is 6.03. The molecule has 1 aromatic carbocycles. The van der Waals surface area contributed by atoms with E-state index in [2.05, 4.69) is 10.6 Å². The molecule has 3 nitrogen and oxygen atoms in total. The molecule has 0 spiro atoms. The number of hydrogen-bond acceptors (Lipinski definition) is 2. The highest BCUT2D eigenvalue weighted by molar-refractivity contribution is 6.35. The molecule has 0 bridgehead atoms.